The molecule has 0 saturated heterocycles. The predicted octanol–water partition coefficient (Wildman–Crippen LogP) is 1.61. The molecule has 6 nitrogen and oxygen atoms in total. The fraction of sp³-hybridized carbons (Fsp3) is 0.286. The monoisotopic (exact) mass is 280 g/mol. The first-order chi connectivity index (χ1) is 9.49. The summed E-state index contributed by atoms with van der Waals surface area (Å²) in [6.07, 6.45) is 6.89. The molecular formula is C14H20N2O4. The van der Waals surface area contributed by atoms with Crippen molar-refractivity contribution >= 4 is 11.9 Å². The fourth-order valence-electron chi connectivity index (χ4n) is 1.20. The number of hydrogen-bond donors (Lipinski definition) is 2. The summed E-state index contributed by atoms with van der Waals surface area (Å²) in [4.78, 5) is 22.6. The molecule has 0 rings (SSSR count). The van der Waals surface area contributed by atoms with Gasteiger partial charge in [-0.2, -0.15) is 0 Å². The quantitative estimate of drug-likeness (QED) is 0.288. The van der Waals surface area contributed by atoms with Crippen LogP contribution in [0.5, 0.6) is 0 Å². The van der Waals surface area contributed by atoms with Crippen LogP contribution in [0.15, 0.2) is 49.2 Å². The molecule has 0 fully saturated rings. The van der Waals surface area contributed by atoms with Gasteiger partial charge in [0.25, 0.3) is 0 Å². The molecule has 0 aliphatic carbocycles. The molecule has 0 atom stereocenters. The van der Waals surface area contributed by atoms with E-state index in [0.717, 1.165) is 0 Å². The van der Waals surface area contributed by atoms with Gasteiger partial charge in [0.05, 0.1) is 0 Å². The van der Waals surface area contributed by atoms with E-state index in [-0.39, 0.29) is 24.6 Å². The molecule has 110 valence electrons. The van der Waals surface area contributed by atoms with Gasteiger partial charge in [-0.25, -0.2) is 0 Å². The summed E-state index contributed by atoms with van der Waals surface area (Å²) in [5, 5.41) is 0. The SMILES string of the molecule is C=CC=C(N)OC(=O)CCCCC(=O)OC(N)=CC=C. The Hall–Kier alpha value is -2.50. The Morgan fingerprint density at radius 3 is 1.50 bits per heavy atom. The van der Waals surface area contributed by atoms with Gasteiger partial charge in [-0.05, 0) is 25.0 Å². The standard InChI is InChI=1S/C14H20N2O4/c1-3-7-11(15)19-13(17)9-5-6-10-14(18)20-12(16)8-4-2/h3-4,7-8H,1-2,5-6,9-10,15-16H2. The van der Waals surface area contributed by atoms with E-state index in [1.165, 1.54) is 24.3 Å². The van der Waals surface area contributed by atoms with Gasteiger partial charge in [-0.15, -0.1) is 0 Å². The van der Waals surface area contributed by atoms with Crippen LogP contribution in [-0.2, 0) is 19.1 Å². The Balaban J connectivity index is 3.81. The summed E-state index contributed by atoms with van der Waals surface area (Å²) < 4.78 is 9.53. The Kier molecular flexibility index (Phi) is 9.12. The highest BCUT2D eigenvalue weighted by Gasteiger charge is 2.07. The van der Waals surface area contributed by atoms with Crippen molar-refractivity contribution in [3.05, 3.63) is 49.2 Å². The summed E-state index contributed by atoms with van der Waals surface area (Å²) in [6, 6.07) is 0. The van der Waals surface area contributed by atoms with Gasteiger partial charge in [0.15, 0.2) is 11.8 Å². The molecule has 4 N–H and O–H groups in total. The van der Waals surface area contributed by atoms with E-state index in [4.69, 9.17) is 20.9 Å². The Morgan fingerprint density at radius 1 is 0.850 bits per heavy atom. The number of ether oxygens (including phenoxy) is 2. The molecule has 0 aromatic heterocycles. The molecule has 0 aliphatic heterocycles. The second-order valence-electron chi connectivity index (χ2n) is 3.76. The lowest BCUT2D eigenvalue weighted by Gasteiger charge is -2.04. The van der Waals surface area contributed by atoms with Crippen molar-refractivity contribution in [3.8, 4) is 0 Å². The Labute approximate surface area is 118 Å². The smallest absolute Gasteiger partial charge is 0.312 e. The minimum Gasteiger partial charge on any atom is -0.410 e. The first-order valence-corrected chi connectivity index (χ1v) is 6.07. The number of carbonyl (C=O) groups is 2. The second-order valence-corrected chi connectivity index (χ2v) is 3.76. The number of nitrogens with two attached hydrogens (primary N) is 2. The molecule has 6 heteroatoms. The molecule has 0 aromatic carbocycles. The van der Waals surface area contributed by atoms with E-state index in [1.54, 1.807) is 0 Å². The Bertz CT molecular complexity index is 385. The summed E-state index contributed by atoms with van der Waals surface area (Å²) in [5.41, 5.74) is 10.7. The minimum atomic E-state index is -0.458. The fourth-order valence-corrected chi connectivity index (χ4v) is 1.20. The zero-order valence-electron chi connectivity index (χ0n) is 11.3. The van der Waals surface area contributed by atoms with Crippen molar-refractivity contribution in [1.29, 1.82) is 0 Å². The van der Waals surface area contributed by atoms with E-state index in [2.05, 4.69) is 13.2 Å². The van der Waals surface area contributed by atoms with E-state index < -0.39 is 11.9 Å². The zero-order valence-corrected chi connectivity index (χ0v) is 11.3. The lowest BCUT2D eigenvalue weighted by atomic mass is 10.2. The third kappa shape index (κ3) is 9.52. The summed E-state index contributed by atoms with van der Waals surface area (Å²) in [7, 11) is 0. The van der Waals surface area contributed by atoms with Crippen molar-refractivity contribution in [2.45, 2.75) is 25.7 Å². The average Bonchev–Trinajstić information content (AvgIpc) is 2.35. The van der Waals surface area contributed by atoms with Crippen LogP contribution in [-0.4, -0.2) is 11.9 Å². The number of allylic oxidation sites excluding steroid dienone is 4. The van der Waals surface area contributed by atoms with Crippen LogP contribution in [0.3, 0.4) is 0 Å². The maximum absolute atomic E-state index is 11.3. The predicted molar refractivity (Wildman–Crippen MR) is 75.6 cm³/mol. The van der Waals surface area contributed by atoms with Crippen LogP contribution >= 0.6 is 0 Å². The maximum Gasteiger partial charge on any atom is 0.312 e. The van der Waals surface area contributed by atoms with Crippen molar-refractivity contribution < 1.29 is 19.1 Å². The van der Waals surface area contributed by atoms with Gasteiger partial charge in [-0.3, -0.25) is 9.59 Å². The van der Waals surface area contributed by atoms with Gasteiger partial charge in [-0.1, -0.05) is 25.3 Å². The normalized spacial score (nSPS) is 11.6. The Morgan fingerprint density at radius 2 is 1.20 bits per heavy atom. The summed E-state index contributed by atoms with van der Waals surface area (Å²) >= 11 is 0. The molecule has 0 amide bonds. The van der Waals surface area contributed by atoms with Crippen LogP contribution in [0.4, 0.5) is 0 Å². The molecule has 20 heavy (non-hydrogen) atoms. The highest BCUT2D eigenvalue weighted by atomic mass is 16.5. The highest BCUT2D eigenvalue weighted by molar-refractivity contribution is 5.71. The van der Waals surface area contributed by atoms with Gasteiger partial charge in [0, 0.05) is 12.8 Å². The largest absolute Gasteiger partial charge is 0.410 e. The van der Waals surface area contributed by atoms with Gasteiger partial charge >= 0.3 is 11.9 Å². The average molecular weight is 280 g/mol. The van der Waals surface area contributed by atoms with Crippen molar-refractivity contribution in [1.82, 2.24) is 0 Å². The minimum absolute atomic E-state index is 0.00764. The number of hydrogen-bond acceptors (Lipinski definition) is 6. The first kappa shape index (κ1) is 17.5. The number of carbonyl (C=O) groups excluding carboxylic acids is 2. The molecule has 0 aromatic rings. The number of unbranched alkanes of at least 4 members (excludes halogenated alkanes) is 1. The third-order valence-corrected chi connectivity index (χ3v) is 2.04. The van der Waals surface area contributed by atoms with E-state index in [1.807, 2.05) is 0 Å². The summed E-state index contributed by atoms with van der Waals surface area (Å²) in [6.45, 7) is 6.84. The molecule has 0 aliphatic rings. The topological polar surface area (TPSA) is 105 Å². The highest BCUT2D eigenvalue weighted by Crippen LogP contribution is 2.05. The van der Waals surface area contributed by atoms with E-state index >= 15 is 0 Å². The zero-order chi connectivity index (χ0) is 15.4. The summed E-state index contributed by atoms with van der Waals surface area (Å²) in [5.74, 6) is -0.932. The molecule has 0 saturated carbocycles. The number of rotatable bonds is 9. The van der Waals surface area contributed by atoms with Gasteiger partial charge in [0.2, 0.25) is 0 Å². The van der Waals surface area contributed by atoms with Crippen LogP contribution < -0.4 is 11.5 Å². The molecular weight excluding hydrogens is 260 g/mol. The van der Waals surface area contributed by atoms with E-state index in [0.29, 0.717) is 12.8 Å². The lowest BCUT2D eigenvalue weighted by molar-refractivity contribution is -0.141. The second kappa shape index (κ2) is 10.4. The van der Waals surface area contributed by atoms with Crippen molar-refractivity contribution in [3.63, 3.8) is 0 Å². The molecule has 0 unspecified atom stereocenters. The van der Waals surface area contributed by atoms with Crippen LogP contribution in [0.25, 0.3) is 0 Å². The molecule has 0 bridgehead atoms. The van der Waals surface area contributed by atoms with Crippen molar-refractivity contribution in [2.24, 2.45) is 11.5 Å². The molecule has 0 heterocycles. The van der Waals surface area contributed by atoms with Crippen LogP contribution in [0.1, 0.15) is 25.7 Å². The van der Waals surface area contributed by atoms with Gasteiger partial charge in [0.1, 0.15) is 0 Å². The lowest BCUT2D eigenvalue weighted by Crippen LogP contribution is -2.11. The van der Waals surface area contributed by atoms with Crippen LogP contribution in [0, 0.1) is 0 Å². The van der Waals surface area contributed by atoms with Crippen molar-refractivity contribution in [2.75, 3.05) is 0 Å². The first-order valence-electron chi connectivity index (χ1n) is 6.07. The van der Waals surface area contributed by atoms with Gasteiger partial charge < -0.3 is 20.9 Å². The maximum atomic E-state index is 11.3. The third-order valence-electron chi connectivity index (χ3n) is 2.04. The van der Waals surface area contributed by atoms with Crippen LogP contribution in [0.2, 0.25) is 0 Å². The molecule has 0 spiro atoms. The number of esters is 2. The molecule has 0 radical (unpaired) electrons. The van der Waals surface area contributed by atoms with E-state index in [9.17, 15) is 9.59 Å².